The molecule has 0 saturated carbocycles. The van der Waals surface area contributed by atoms with Gasteiger partial charge in [0.25, 0.3) is 5.91 Å². The number of nitrogens with one attached hydrogen (secondary N) is 1. The Labute approximate surface area is 115 Å². The fraction of sp³-hybridized carbons (Fsp3) is 0.308. The molecule has 1 atom stereocenters. The van der Waals surface area contributed by atoms with E-state index in [4.69, 9.17) is 16.9 Å². The molecular weight excluding hydrogens is 266 g/mol. The Kier molecular flexibility index (Phi) is 3.72. The van der Waals surface area contributed by atoms with Gasteiger partial charge >= 0.3 is 0 Å². The maximum Gasteiger partial charge on any atom is 0.252 e. The highest BCUT2D eigenvalue weighted by Gasteiger charge is 2.37. The molecule has 1 aliphatic heterocycles. The van der Waals surface area contributed by atoms with Gasteiger partial charge < -0.3 is 5.32 Å². The molecule has 5 nitrogen and oxygen atoms in total. The first-order valence-electron chi connectivity index (χ1n) is 5.87. The number of halogens is 1. The van der Waals surface area contributed by atoms with Gasteiger partial charge in [-0.2, -0.15) is 5.26 Å². The van der Waals surface area contributed by atoms with Crippen molar-refractivity contribution in [3.05, 3.63) is 28.8 Å². The lowest BCUT2D eigenvalue weighted by Crippen LogP contribution is -2.34. The lowest BCUT2D eigenvalue weighted by molar-refractivity contribution is -0.138. The van der Waals surface area contributed by atoms with E-state index < -0.39 is 6.04 Å². The van der Waals surface area contributed by atoms with Crippen molar-refractivity contribution in [1.29, 1.82) is 5.26 Å². The number of amides is 2. The highest BCUT2D eigenvalue weighted by molar-refractivity contribution is 6.33. The van der Waals surface area contributed by atoms with E-state index in [9.17, 15) is 9.59 Å². The molecule has 0 radical (unpaired) electrons. The molecule has 1 N–H and O–H groups in total. The molecule has 98 valence electrons. The van der Waals surface area contributed by atoms with Gasteiger partial charge in [-0.05, 0) is 25.1 Å². The van der Waals surface area contributed by atoms with Crippen LogP contribution in [-0.4, -0.2) is 29.3 Å². The summed E-state index contributed by atoms with van der Waals surface area (Å²) in [6, 6.07) is 6.15. The largest absolute Gasteiger partial charge is 0.372 e. The van der Waals surface area contributed by atoms with Crippen molar-refractivity contribution in [3.8, 4) is 6.07 Å². The second-order valence-corrected chi connectivity index (χ2v) is 4.59. The lowest BCUT2D eigenvalue weighted by atomic mass is 10.2. The summed E-state index contributed by atoms with van der Waals surface area (Å²) in [5.74, 6) is -0.428. The van der Waals surface area contributed by atoms with Gasteiger partial charge in [0.15, 0.2) is 0 Å². The summed E-state index contributed by atoms with van der Waals surface area (Å²) in [5, 5.41) is 12.1. The van der Waals surface area contributed by atoms with Crippen LogP contribution >= 0.6 is 11.6 Å². The van der Waals surface area contributed by atoms with E-state index >= 15 is 0 Å². The third kappa shape index (κ3) is 2.54. The number of nitrogens with zero attached hydrogens (tertiary/aromatic N) is 2. The van der Waals surface area contributed by atoms with Crippen molar-refractivity contribution in [3.63, 3.8) is 0 Å². The Morgan fingerprint density at radius 3 is 2.79 bits per heavy atom. The van der Waals surface area contributed by atoms with Crippen LogP contribution in [0.4, 0.5) is 5.69 Å². The zero-order chi connectivity index (χ0) is 14.0. The van der Waals surface area contributed by atoms with E-state index in [1.165, 1.54) is 11.0 Å². The number of carbonyl (C=O) groups excluding carboxylic acids is 2. The standard InChI is InChI=1S/C13H12ClN3O2/c1-2-17-12(18)6-11(13(17)19)16-10-4-3-8(7-15)5-9(10)14/h3-5,11,16H,2,6H2,1H3. The number of likely N-dealkylation sites (N-methyl/N-ethyl adjacent to an activating group) is 1. The third-order valence-corrected chi connectivity index (χ3v) is 3.30. The maximum atomic E-state index is 11.9. The summed E-state index contributed by atoms with van der Waals surface area (Å²) in [6.45, 7) is 2.13. The SMILES string of the molecule is CCN1C(=O)CC(Nc2ccc(C#N)cc2Cl)C1=O. The minimum Gasteiger partial charge on any atom is -0.372 e. The topological polar surface area (TPSA) is 73.2 Å². The fourth-order valence-electron chi connectivity index (χ4n) is 2.02. The van der Waals surface area contributed by atoms with Gasteiger partial charge in [0.2, 0.25) is 5.91 Å². The molecule has 1 heterocycles. The normalized spacial score (nSPS) is 18.6. The Hall–Kier alpha value is -2.06. The first-order chi connectivity index (χ1) is 9.06. The number of carbonyl (C=O) groups is 2. The zero-order valence-electron chi connectivity index (χ0n) is 10.3. The summed E-state index contributed by atoms with van der Waals surface area (Å²) in [7, 11) is 0. The Bertz CT molecular complexity index is 580. The molecule has 1 aliphatic rings. The molecular formula is C13H12ClN3O2. The predicted octanol–water partition coefficient (Wildman–Crippen LogP) is 1.77. The minimum atomic E-state index is -0.585. The first kappa shape index (κ1) is 13.4. The lowest BCUT2D eigenvalue weighted by Gasteiger charge is -2.15. The van der Waals surface area contributed by atoms with Crippen LogP contribution < -0.4 is 5.32 Å². The van der Waals surface area contributed by atoms with E-state index in [0.717, 1.165) is 0 Å². The van der Waals surface area contributed by atoms with Crippen molar-refractivity contribution in [2.75, 3.05) is 11.9 Å². The molecule has 6 heteroatoms. The van der Waals surface area contributed by atoms with E-state index in [2.05, 4.69) is 5.32 Å². The van der Waals surface area contributed by atoms with Crippen LogP contribution in [-0.2, 0) is 9.59 Å². The number of nitriles is 1. The molecule has 1 aromatic carbocycles. The molecule has 2 rings (SSSR count). The van der Waals surface area contributed by atoms with Crippen LogP contribution in [0, 0.1) is 11.3 Å². The maximum absolute atomic E-state index is 11.9. The average Bonchev–Trinajstić information content (AvgIpc) is 2.66. The summed E-state index contributed by atoms with van der Waals surface area (Å²) < 4.78 is 0. The molecule has 1 unspecified atom stereocenters. The van der Waals surface area contributed by atoms with E-state index in [-0.39, 0.29) is 18.2 Å². The number of anilines is 1. The van der Waals surface area contributed by atoms with Crippen LogP contribution in [0.25, 0.3) is 0 Å². The summed E-state index contributed by atoms with van der Waals surface area (Å²) in [4.78, 5) is 24.7. The Balaban J connectivity index is 2.17. The molecule has 1 aromatic rings. The quantitative estimate of drug-likeness (QED) is 0.855. The van der Waals surface area contributed by atoms with Crippen molar-refractivity contribution in [1.82, 2.24) is 4.90 Å². The summed E-state index contributed by atoms with van der Waals surface area (Å²) in [6.07, 6.45) is 0.128. The van der Waals surface area contributed by atoms with Crippen LogP contribution in [0.1, 0.15) is 18.9 Å². The second-order valence-electron chi connectivity index (χ2n) is 4.18. The highest BCUT2D eigenvalue weighted by atomic mass is 35.5. The number of hydrogen-bond donors (Lipinski definition) is 1. The smallest absolute Gasteiger partial charge is 0.252 e. The van der Waals surface area contributed by atoms with E-state index in [1.807, 2.05) is 6.07 Å². The van der Waals surface area contributed by atoms with E-state index in [0.29, 0.717) is 22.8 Å². The van der Waals surface area contributed by atoms with Gasteiger partial charge in [0.1, 0.15) is 6.04 Å². The van der Waals surface area contributed by atoms with Gasteiger partial charge in [-0.25, -0.2) is 0 Å². The van der Waals surface area contributed by atoms with E-state index in [1.54, 1.807) is 19.1 Å². The number of likely N-dealkylation sites (tertiary alicyclic amines) is 1. The molecule has 19 heavy (non-hydrogen) atoms. The summed E-state index contributed by atoms with van der Waals surface area (Å²) in [5.41, 5.74) is 0.990. The molecule has 2 amide bonds. The monoisotopic (exact) mass is 277 g/mol. The molecule has 0 bridgehead atoms. The minimum absolute atomic E-state index is 0.128. The highest BCUT2D eigenvalue weighted by Crippen LogP contribution is 2.26. The van der Waals surface area contributed by atoms with Gasteiger partial charge in [-0.3, -0.25) is 14.5 Å². The average molecular weight is 278 g/mol. The fourth-order valence-corrected chi connectivity index (χ4v) is 2.25. The van der Waals surface area contributed by atoms with Crippen molar-refractivity contribution in [2.24, 2.45) is 0 Å². The number of hydrogen-bond acceptors (Lipinski definition) is 4. The Morgan fingerprint density at radius 1 is 1.53 bits per heavy atom. The van der Waals surface area contributed by atoms with Crippen LogP contribution in [0.2, 0.25) is 5.02 Å². The van der Waals surface area contributed by atoms with Crippen molar-refractivity contribution < 1.29 is 9.59 Å². The van der Waals surface area contributed by atoms with Crippen LogP contribution in [0.3, 0.4) is 0 Å². The molecule has 0 aliphatic carbocycles. The van der Waals surface area contributed by atoms with Crippen LogP contribution in [0.15, 0.2) is 18.2 Å². The number of benzene rings is 1. The predicted molar refractivity (Wildman–Crippen MR) is 70.6 cm³/mol. The first-order valence-corrected chi connectivity index (χ1v) is 6.25. The molecule has 0 spiro atoms. The second kappa shape index (κ2) is 5.29. The Morgan fingerprint density at radius 2 is 2.26 bits per heavy atom. The number of rotatable bonds is 3. The van der Waals surface area contributed by atoms with Gasteiger partial charge in [0, 0.05) is 6.54 Å². The van der Waals surface area contributed by atoms with Crippen molar-refractivity contribution in [2.45, 2.75) is 19.4 Å². The molecule has 0 aromatic heterocycles. The molecule has 1 fully saturated rings. The summed E-state index contributed by atoms with van der Waals surface area (Å²) >= 11 is 6.02. The van der Waals surface area contributed by atoms with Gasteiger partial charge in [-0.1, -0.05) is 11.6 Å². The number of imide groups is 1. The zero-order valence-corrected chi connectivity index (χ0v) is 11.1. The van der Waals surface area contributed by atoms with Gasteiger partial charge in [0.05, 0.1) is 28.8 Å². The third-order valence-electron chi connectivity index (χ3n) is 2.99. The van der Waals surface area contributed by atoms with Gasteiger partial charge in [-0.15, -0.1) is 0 Å². The van der Waals surface area contributed by atoms with Crippen molar-refractivity contribution >= 4 is 29.1 Å². The molecule has 1 saturated heterocycles. The van der Waals surface area contributed by atoms with Crippen LogP contribution in [0.5, 0.6) is 0 Å².